The van der Waals surface area contributed by atoms with Crippen molar-refractivity contribution in [2.75, 3.05) is 13.1 Å². The first kappa shape index (κ1) is 9.87. The Morgan fingerprint density at radius 2 is 2.19 bits per heavy atom. The van der Waals surface area contributed by atoms with Crippen molar-refractivity contribution in [1.29, 1.82) is 0 Å². The lowest BCUT2D eigenvalue weighted by Gasteiger charge is -2.43. The number of imidazole rings is 1. The molecule has 1 aliphatic heterocycles. The lowest BCUT2D eigenvalue weighted by molar-refractivity contribution is -0.144. The van der Waals surface area contributed by atoms with E-state index in [-0.39, 0.29) is 0 Å². The minimum Gasteiger partial charge on any atom is -0.338 e. The maximum absolute atomic E-state index is 11.9. The van der Waals surface area contributed by atoms with E-state index in [0.29, 0.717) is 17.9 Å². The number of hydrogen-bond acceptors (Lipinski definition) is 2. The largest absolute Gasteiger partial charge is 0.338 e. The summed E-state index contributed by atoms with van der Waals surface area (Å²) in [6.07, 6.45) is 7.26. The number of hydrogen-bond donors (Lipinski definition) is 0. The zero-order valence-corrected chi connectivity index (χ0v) is 9.59. The molecular weight excluding hydrogens is 202 g/mol. The lowest BCUT2D eigenvalue weighted by atomic mass is 9.83. The van der Waals surface area contributed by atoms with Crippen LogP contribution in [0.25, 0.3) is 0 Å². The molecule has 1 aromatic heterocycles. The smallest absolute Gasteiger partial charge is 0.225 e. The first-order valence-electron chi connectivity index (χ1n) is 6.04. The molecule has 2 aliphatic rings. The maximum atomic E-state index is 11.9. The Labute approximate surface area is 95.3 Å². The number of aryl methyl sites for hydroxylation is 1. The molecule has 4 nitrogen and oxygen atoms in total. The van der Waals surface area contributed by atoms with Gasteiger partial charge in [0, 0.05) is 31.4 Å². The summed E-state index contributed by atoms with van der Waals surface area (Å²) in [5.41, 5.74) is 0. The van der Waals surface area contributed by atoms with Gasteiger partial charge in [-0.3, -0.25) is 4.79 Å². The highest BCUT2D eigenvalue weighted by Crippen LogP contribution is 2.32. The van der Waals surface area contributed by atoms with Crippen molar-refractivity contribution in [3.63, 3.8) is 0 Å². The standard InChI is InChI=1S/C12H17N3O/c1-9-13-5-6-15(9)11-7-14(8-11)12(16)10-3-2-4-10/h5-6,10-11H,2-4,7-8H2,1H3. The van der Waals surface area contributed by atoms with Crippen molar-refractivity contribution < 1.29 is 4.79 Å². The van der Waals surface area contributed by atoms with E-state index in [1.54, 1.807) is 0 Å². The normalized spacial score (nSPS) is 21.7. The fourth-order valence-corrected chi connectivity index (χ4v) is 2.50. The van der Waals surface area contributed by atoms with Crippen LogP contribution in [0.5, 0.6) is 0 Å². The quantitative estimate of drug-likeness (QED) is 0.753. The third-order valence-corrected chi connectivity index (χ3v) is 3.88. The van der Waals surface area contributed by atoms with Crippen LogP contribution >= 0.6 is 0 Å². The summed E-state index contributed by atoms with van der Waals surface area (Å²) in [4.78, 5) is 18.1. The maximum Gasteiger partial charge on any atom is 0.225 e. The van der Waals surface area contributed by atoms with Crippen LogP contribution in [0.1, 0.15) is 31.1 Å². The molecule has 1 saturated carbocycles. The highest BCUT2D eigenvalue weighted by Gasteiger charge is 2.37. The molecule has 1 saturated heterocycles. The van der Waals surface area contributed by atoms with Gasteiger partial charge in [-0.05, 0) is 19.8 Å². The Bertz CT molecular complexity index is 402. The molecule has 1 amide bonds. The van der Waals surface area contributed by atoms with E-state index in [1.807, 2.05) is 24.2 Å². The number of carbonyl (C=O) groups is 1. The van der Waals surface area contributed by atoms with Crippen molar-refractivity contribution >= 4 is 5.91 Å². The summed E-state index contributed by atoms with van der Waals surface area (Å²) >= 11 is 0. The van der Waals surface area contributed by atoms with Gasteiger partial charge in [-0.15, -0.1) is 0 Å². The molecule has 2 fully saturated rings. The van der Waals surface area contributed by atoms with Crippen molar-refractivity contribution in [1.82, 2.24) is 14.5 Å². The fraction of sp³-hybridized carbons (Fsp3) is 0.667. The van der Waals surface area contributed by atoms with E-state index in [9.17, 15) is 4.79 Å². The van der Waals surface area contributed by atoms with Gasteiger partial charge in [-0.2, -0.15) is 0 Å². The molecule has 1 aromatic rings. The second-order valence-corrected chi connectivity index (χ2v) is 4.91. The SMILES string of the molecule is Cc1nccn1C1CN(C(=O)C2CCC2)C1. The number of nitrogens with zero attached hydrogens (tertiary/aromatic N) is 3. The molecule has 1 aliphatic carbocycles. The molecule has 2 heterocycles. The highest BCUT2D eigenvalue weighted by atomic mass is 16.2. The van der Waals surface area contributed by atoms with Gasteiger partial charge in [0.15, 0.2) is 0 Å². The average Bonchev–Trinajstić information content (AvgIpc) is 2.46. The summed E-state index contributed by atoms with van der Waals surface area (Å²) in [5, 5.41) is 0. The van der Waals surface area contributed by atoms with Crippen LogP contribution in [0.3, 0.4) is 0 Å². The minimum atomic E-state index is 0.338. The summed E-state index contributed by atoms with van der Waals surface area (Å²) in [6.45, 7) is 3.75. The number of rotatable bonds is 2. The second kappa shape index (κ2) is 3.61. The van der Waals surface area contributed by atoms with Crippen molar-refractivity contribution in [2.24, 2.45) is 5.92 Å². The van der Waals surface area contributed by atoms with Gasteiger partial charge >= 0.3 is 0 Å². The van der Waals surface area contributed by atoms with Crippen LogP contribution in [0.4, 0.5) is 0 Å². The first-order chi connectivity index (χ1) is 7.75. The highest BCUT2D eigenvalue weighted by molar-refractivity contribution is 5.80. The Morgan fingerprint density at radius 1 is 1.44 bits per heavy atom. The van der Waals surface area contributed by atoms with Gasteiger partial charge in [0.05, 0.1) is 6.04 Å². The summed E-state index contributed by atoms with van der Waals surface area (Å²) in [6, 6.07) is 0.450. The van der Waals surface area contributed by atoms with Gasteiger partial charge in [0.25, 0.3) is 0 Å². The van der Waals surface area contributed by atoms with E-state index in [0.717, 1.165) is 31.8 Å². The summed E-state index contributed by atoms with van der Waals surface area (Å²) < 4.78 is 2.17. The third-order valence-electron chi connectivity index (χ3n) is 3.88. The monoisotopic (exact) mass is 219 g/mol. The third kappa shape index (κ3) is 1.44. The van der Waals surface area contributed by atoms with Crippen LogP contribution in [0.15, 0.2) is 12.4 Å². The summed E-state index contributed by atoms with van der Waals surface area (Å²) in [5.74, 6) is 1.76. The molecule has 0 radical (unpaired) electrons. The van der Waals surface area contributed by atoms with Crippen LogP contribution in [-0.4, -0.2) is 33.4 Å². The zero-order chi connectivity index (χ0) is 11.1. The Kier molecular flexibility index (Phi) is 2.23. The van der Waals surface area contributed by atoms with E-state index in [4.69, 9.17) is 0 Å². The van der Waals surface area contributed by atoms with E-state index in [1.165, 1.54) is 6.42 Å². The predicted octanol–water partition coefficient (Wildman–Crippen LogP) is 1.37. The minimum absolute atomic E-state index is 0.338. The van der Waals surface area contributed by atoms with Gasteiger partial charge in [0.2, 0.25) is 5.91 Å². The van der Waals surface area contributed by atoms with Crippen molar-refractivity contribution in [2.45, 2.75) is 32.2 Å². The topological polar surface area (TPSA) is 38.1 Å². The Hall–Kier alpha value is -1.32. The Balaban J connectivity index is 1.58. The zero-order valence-electron chi connectivity index (χ0n) is 9.59. The molecule has 0 spiro atoms. The van der Waals surface area contributed by atoms with Crippen LogP contribution in [0, 0.1) is 12.8 Å². The molecule has 0 unspecified atom stereocenters. The van der Waals surface area contributed by atoms with Crippen molar-refractivity contribution in [3.8, 4) is 0 Å². The first-order valence-corrected chi connectivity index (χ1v) is 6.04. The molecule has 0 atom stereocenters. The average molecular weight is 219 g/mol. The number of carbonyl (C=O) groups excluding carboxylic acids is 1. The fourth-order valence-electron chi connectivity index (χ4n) is 2.50. The van der Waals surface area contributed by atoms with Gasteiger partial charge < -0.3 is 9.47 Å². The Morgan fingerprint density at radius 3 is 2.69 bits per heavy atom. The van der Waals surface area contributed by atoms with Crippen LogP contribution in [0.2, 0.25) is 0 Å². The molecule has 0 N–H and O–H groups in total. The van der Waals surface area contributed by atoms with Gasteiger partial charge in [-0.25, -0.2) is 4.98 Å². The van der Waals surface area contributed by atoms with E-state index in [2.05, 4.69) is 9.55 Å². The summed E-state index contributed by atoms with van der Waals surface area (Å²) in [7, 11) is 0. The second-order valence-electron chi connectivity index (χ2n) is 4.91. The van der Waals surface area contributed by atoms with Crippen LogP contribution in [-0.2, 0) is 4.79 Å². The molecule has 3 rings (SSSR count). The van der Waals surface area contributed by atoms with Gasteiger partial charge in [0.1, 0.15) is 5.82 Å². The van der Waals surface area contributed by atoms with E-state index >= 15 is 0 Å². The number of likely N-dealkylation sites (tertiary alicyclic amines) is 1. The molecule has 86 valence electrons. The van der Waals surface area contributed by atoms with Crippen molar-refractivity contribution in [3.05, 3.63) is 18.2 Å². The number of amides is 1. The lowest BCUT2D eigenvalue weighted by Crippen LogP contribution is -2.53. The van der Waals surface area contributed by atoms with Crippen LogP contribution < -0.4 is 0 Å². The molecule has 0 bridgehead atoms. The predicted molar refractivity (Wildman–Crippen MR) is 59.9 cm³/mol. The molecule has 0 aromatic carbocycles. The molecular formula is C12H17N3O. The van der Waals surface area contributed by atoms with Gasteiger partial charge in [-0.1, -0.05) is 6.42 Å². The van der Waals surface area contributed by atoms with E-state index < -0.39 is 0 Å². The number of aromatic nitrogens is 2. The molecule has 4 heteroatoms. The molecule has 16 heavy (non-hydrogen) atoms.